The van der Waals surface area contributed by atoms with Gasteiger partial charge < -0.3 is 5.11 Å². The highest BCUT2D eigenvalue weighted by atomic mass is 16.4. The molecule has 0 fully saturated rings. The van der Waals surface area contributed by atoms with Crippen molar-refractivity contribution in [1.82, 2.24) is 5.32 Å². The number of aliphatic carboxylic acids is 1. The Labute approximate surface area is 94.8 Å². The molecule has 0 radical (unpaired) electrons. The van der Waals surface area contributed by atoms with E-state index in [9.17, 15) is 4.79 Å². The minimum atomic E-state index is -0.791. The standard InChI is InChI=1S/C13H15NO2/c1-2-11(13(15)16)14-12-8-7-9-5-3-4-6-10(9)12/h3-8,11-12,14H,2H2,1H3,(H,15,16)/t11-,12-/m1/s1. The Kier molecular flexibility index (Phi) is 3.06. The average molecular weight is 217 g/mol. The fourth-order valence-electron chi connectivity index (χ4n) is 1.98. The van der Waals surface area contributed by atoms with E-state index in [-0.39, 0.29) is 6.04 Å². The molecule has 1 aliphatic rings. The lowest BCUT2D eigenvalue weighted by atomic mass is 10.1. The number of rotatable bonds is 4. The quantitative estimate of drug-likeness (QED) is 0.813. The van der Waals surface area contributed by atoms with Crippen LogP contribution in [0.25, 0.3) is 6.08 Å². The van der Waals surface area contributed by atoms with Crippen LogP contribution in [0.4, 0.5) is 0 Å². The summed E-state index contributed by atoms with van der Waals surface area (Å²) < 4.78 is 0. The van der Waals surface area contributed by atoms with Gasteiger partial charge in [-0.1, -0.05) is 43.3 Å². The van der Waals surface area contributed by atoms with Crippen LogP contribution in [0, 0.1) is 0 Å². The zero-order valence-corrected chi connectivity index (χ0v) is 9.18. The molecule has 0 bridgehead atoms. The predicted octanol–water partition coefficient (Wildman–Crippen LogP) is 2.21. The Hall–Kier alpha value is -1.61. The molecule has 0 saturated heterocycles. The number of carbonyl (C=O) groups is 1. The van der Waals surface area contributed by atoms with Crippen molar-refractivity contribution >= 4 is 12.0 Å². The van der Waals surface area contributed by atoms with Gasteiger partial charge in [0.25, 0.3) is 0 Å². The van der Waals surface area contributed by atoms with E-state index in [2.05, 4.69) is 5.32 Å². The van der Waals surface area contributed by atoms with E-state index in [0.29, 0.717) is 6.42 Å². The zero-order chi connectivity index (χ0) is 11.5. The molecule has 2 atom stereocenters. The van der Waals surface area contributed by atoms with Crippen molar-refractivity contribution in [3.05, 3.63) is 41.5 Å². The number of carboxylic acids is 1. The Morgan fingerprint density at radius 2 is 2.25 bits per heavy atom. The molecule has 0 heterocycles. The third-order valence-corrected chi connectivity index (χ3v) is 2.89. The van der Waals surface area contributed by atoms with Gasteiger partial charge in [-0.15, -0.1) is 0 Å². The molecule has 1 aromatic rings. The number of fused-ring (bicyclic) bond motifs is 1. The van der Waals surface area contributed by atoms with Gasteiger partial charge in [0.15, 0.2) is 0 Å². The summed E-state index contributed by atoms with van der Waals surface area (Å²) in [6, 6.07) is 7.57. The van der Waals surface area contributed by atoms with Crippen LogP contribution in [0.5, 0.6) is 0 Å². The van der Waals surface area contributed by atoms with Gasteiger partial charge in [-0.05, 0) is 17.5 Å². The summed E-state index contributed by atoms with van der Waals surface area (Å²) in [5.74, 6) is -0.791. The number of hydrogen-bond donors (Lipinski definition) is 2. The number of hydrogen-bond acceptors (Lipinski definition) is 2. The molecule has 84 valence electrons. The first kappa shape index (κ1) is 10.9. The lowest BCUT2D eigenvalue weighted by Gasteiger charge is -2.18. The fraction of sp³-hybridized carbons (Fsp3) is 0.308. The number of carboxylic acid groups (broad SMARTS) is 1. The minimum Gasteiger partial charge on any atom is -0.480 e. The van der Waals surface area contributed by atoms with Gasteiger partial charge in [-0.25, -0.2) is 0 Å². The summed E-state index contributed by atoms with van der Waals surface area (Å²) in [5, 5.41) is 12.1. The molecule has 2 rings (SSSR count). The minimum absolute atomic E-state index is 0.0252. The third-order valence-electron chi connectivity index (χ3n) is 2.89. The highest BCUT2D eigenvalue weighted by molar-refractivity contribution is 5.74. The van der Waals surface area contributed by atoms with Crippen LogP contribution in [0.15, 0.2) is 30.3 Å². The lowest BCUT2D eigenvalue weighted by Crippen LogP contribution is -2.37. The van der Waals surface area contributed by atoms with Gasteiger partial charge in [0.2, 0.25) is 0 Å². The van der Waals surface area contributed by atoms with E-state index in [4.69, 9.17) is 5.11 Å². The molecule has 0 aliphatic heterocycles. The van der Waals surface area contributed by atoms with Crippen molar-refractivity contribution in [3.8, 4) is 0 Å². The van der Waals surface area contributed by atoms with E-state index in [1.165, 1.54) is 5.56 Å². The SMILES string of the molecule is CC[C@@H](N[C@@H]1C=Cc2ccccc21)C(=O)O. The van der Waals surface area contributed by atoms with Crippen molar-refractivity contribution in [2.45, 2.75) is 25.4 Å². The molecule has 0 amide bonds. The molecule has 1 aromatic carbocycles. The summed E-state index contributed by atoms with van der Waals surface area (Å²) >= 11 is 0. The summed E-state index contributed by atoms with van der Waals surface area (Å²) in [5.41, 5.74) is 2.32. The highest BCUT2D eigenvalue weighted by Crippen LogP contribution is 2.28. The second kappa shape index (κ2) is 4.49. The largest absolute Gasteiger partial charge is 0.480 e. The Morgan fingerprint density at radius 1 is 1.50 bits per heavy atom. The van der Waals surface area contributed by atoms with Crippen LogP contribution in [0.3, 0.4) is 0 Å². The first-order valence-electron chi connectivity index (χ1n) is 5.48. The van der Waals surface area contributed by atoms with Gasteiger partial charge in [0.05, 0.1) is 6.04 Å². The molecular weight excluding hydrogens is 202 g/mol. The lowest BCUT2D eigenvalue weighted by molar-refractivity contribution is -0.139. The molecule has 2 N–H and O–H groups in total. The third kappa shape index (κ3) is 1.99. The smallest absolute Gasteiger partial charge is 0.320 e. The molecule has 0 spiro atoms. The molecule has 1 aliphatic carbocycles. The van der Waals surface area contributed by atoms with Crippen LogP contribution < -0.4 is 5.32 Å². The van der Waals surface area contributed by atoms with E-state index in [1.807, 2.05) is 43.3 Å². The van der Waals surface area contributed by atoms with E-state index >= 15 is 0 Å². The van der Waals surface area contributed by atoms with Crippen molar-refractivity contribution in [3.63, 3.8) is 0 Å². The van der Waals surface area contributed by atoms with Gasteiger partial charge in [0.1, 0.15) is 6.04 Å². The normalized spacial score (nSPS) is 19.4. The zero-order valence-electron chi connectivity index (χ0n) is 9.18. The second-order valence-corrected chi connectivity index (χ2v) is 3.93. The molecule has 3 nitrogen and oxygen atoms in total. The molecule has 3 heteroatoms. The monoisotopic (exact) mass is 217 g/mol. The van der Waals surface area contributed by atoms with Crippen molar-refractivity contribution < 1.29 is 9.90 Å². The van der Waals surface area contributed by atoms with Crippen molar-refractivity contribution in [1.29, 1.82) is 0 Å². The van der Waals surface area contributed by atoms with E-state index in [0.717, 1.165) is 5.56 Å². The van der Waals surface area contributed by atoms with Gasteiger partial charge in [-0.2, -0.15) is 0 Å². The van der Waals surface area contributed by atoms with Gasteiger partial charge >= 0.3 is 5.97 Å². The fourth-order valence-corrected chi connectivity index (χ4v) is 1.98. The molecule has 0 unspecified atom stereocenters. The van der Waals surface area contributed by atoms with Crippen LogP contribution in [0.1, 0.15) is 30.5 Å². The molecular formula is C13H15NO2. The maximum absolute atomic E-state index is 10.9. The summed E-state index contributed by atoms with van der Waals surface area (Å²) in [4.78, 5) is 10.9. The van der Waals surface area contributed by atoms with E-state index in [1.54, 1.807) is 0 Å². The second-order valence-electron chi connectivity index (χ2n) is 3.93. The van der Waals surface area contributed by atoms with E-state index < -0.39 is 12.0 Å². The maximum atomic E-state index is 10.9. The van der Waals surface area contributed by atoms with Crippen LogP contribution >= 0.6 is 0 Å². The Morgan fingerprint density at radius 3 is 2.94 bits per heavy atom. The van der Waals surface area contributed by atoms with Crippen molar-refractivity contribution in [2.75, 3.05) is 0 Å². The summed E-state index contributed by atoms with van der Waals surface area (Å²) in [7, 11) is 0. The van der Waals surface area contributed by atoms with Crippen LogP contribution in [-0.2, 0) is 4.79 Å². The highest BCUT2D eigenvalue weighted by Gasteiger charge is 2.22. The van der Waals surface area contributed by atoms with Gasteiger partial charge in [-0.3, -0.25) is 10.1 Å². The Bertz CT molecular complexity index is 426. The first-order chi connectivity index (χ1) is 7.72. The number of nitrogens with one attached hydrogen (secondary N) is 1. The van der Waals surface area contributed by atoms with Gasteiger partial charge in [0, 0.05) is 0 Å². The predicted molar refractivity (Wildman–Crippen MR) is 63.1 cm³/mol. The molecule has 0 saturated carbocycles. The first-order valence-corrected chi connectivity index (χ1v) is 5.48. The molecule has 0 aromatic heterocycles. The maximum Gasteiger partial charge on any atom is 0.320 e. The number of benzene rings is 1. The topological polar surface area (TPSA) is 49.3 Å². The molecule has 16 heavy (non-hydrogen) atoms. The summed E-state index contributed by atoms with van der Waals surface area (Å²) in [6.45, 7) is 1.87. The summed E-state index contributed by atoms with van der Waals surface area (Å²) in [6.07, 6.45) is 4.62. The van der Waals surface area contributed by atoms with Crippen LogP contribution in [-0.4, -0.2) is 17.1 Å². The van der Waals surface area contributed by atoms with Crippen molar-refractivity contribution in [2.24, 2.45) is 0 Å². The Balaban J connectivity index is 2.14. The average Bonchev–Trinajstić information content (AvgIpc) is 2.69. The van der Waals surface area contributed by atoms with Crippen LogP contribution in [0.2, 0.25) is 0 Å².